The van der Waals surface area contributed by atoms with E-state index in [9.17, 15) is 4.79 Å². The predicted octanol–water partition coefficient (Wildman–Crippen LogP) is 0.791. The van der Waals surface area contributed by atoms with Crippen LogP contribution in [-0.2, 0) is 0 Å². The molecular weight excluding hydrogens is 182 g/mol. The minimum atomic E-state index is -0.389. The van der Waals surface area contributed by atoms with Gasteiger partial charge in [0.15, 0.2) is 0 Å². The molecule has 2 aromatic rings. The molecule has 0 atom stereocenters. The summed E-state index contributed by atoms with van der Waals surface area (Å²) in [4.78, 5) is 10.9. The number of nitrogens with one attached hydrogen (secondary N) is 1. The first-order valence-electron chi connectivity index (χ1n) is 3.97. The molecule has 2 N–H and O–H groups in total. The molecular formula is C9H7N3O2. The fourth-order valence-corrected chi connectivity index (χ4v) is 1.15. The van der Waals surface area contributed by atoms with Crippen LogP contribution in [0, 0.1) is 0 Å². The van der Waals surface area contributed by atoms with E-state index < -0.39 is 0 Å². The van der Waals surface area contributed by atoms with Crippen molar-refractivity contribution < 1.29 is 5.21 Å². The van der Waals surface area contributed by atoms with Crippen molar-refractivity contribution >= 4 is 16.6 Å². The minimum Gasteiger partial charge on any atom is -0.291 e. The molecule has 5 heteroatoms. The summed E-state index contributed by atoms with van der Waals surface area (Å²) >= 11 is 0. The smallest absolute Gasteiger partial charge is 0.288 e. The van der Waals surface area contributed by atoms with Gasteiger partial charge in [-0.05, 0) is 24.3 Å². The summed E-state index contributed by atoms with van der Waals surface area (Å²) in [5.74, 6) is 0. The maximum atomic E-state index is 10.9. The number of anilines is 1. The molecule has 0 saturated carbocycles. The van der Waals surface area contributed by atoms with Gasteiger partial charge in [-0.2, -0.15) is 0 Å². The molecule has 0 spiro atoms. The summed E-state index contributed by atoms with van der Waals surface area (Å²) in [6, 6.07) is 7.92. The van der Waals surface area contributed by atoms with Gasteiger partial charge in [0, 0.05) is 11.5 Å². The number of rotatable bonds is 1. The molecule has 0 fully saturated rings. The lowest BCUT2D eigenvalue weighted by Gasteiger charge is -1.97. The van der Waals surface area contributed by atoms with Crippen molar-refractivity contribution in [2.24, 2.45) is 0 Å². The van der Waals surface area contributed by atoms with Crippen LogP contribution in [0.3, 0.4) is 0 Å². The van der Waals surface area contributed by atoms with Crippen molar-refractivity contribution in [2.45, 2.75) is 0 Å². The molecule has 0 amide bonds. The molecule has 1 heterocycles. The van der Waals surface area contributed by atoms with Crippen LogP contribution < -0.4 is 11.0 Å². The Balaban J connectivity index is 2.77. The van der Waals surface area contributed by atoms with Crippen LogP contribution in [0.4, 0.5) is 5.69 Å². The lowest BCUT2D eigenvalue weighted by molar-refractivity contribution is 0.389. The monoisotopic (exact) mass is 189 g/mol. The van der Waals surface area contributed by atoms with Gasteiger partial charge in [-0.3, -0.25) is 15.5 Å². The fraction of sp³-hybridized carbons (Fsp3) is 0. The van der Waals surface area contributed by atoms with Gasteiger partial charge in [-0.15, -0.1) is 10.2 Å². The van der Waals surface area contributed by atoms with E-state index in [1.54, 1.807) is 24.3 Å². The fourth-order valence-electron chi connectivity index (χ4n) is 1.15. The normalized spacial score (nSPS) is 10.1. The quantitative estimate of drug-likeness (QED) is 0.649. The van der Waals surface area contributed by atoms with E-state index in [4.69, 9.17) is 5.21 Å². The van der Waals surface area contributed by atoms with Gasteiger partial charge in [0.1, 0.15) is 0 Å². The lowest BCUT2D eigenvalue weighted by Crippen LogP contribution is -1.99. The van der Waals surface area contributed by atoms with E-state index in [0.29, 0.717) is 11.2 Å². The first kappa shape index (κ1) is 8.58. The second-order valence-electron chi connectivity index (χ2n) is 2.76. The zero-order chi connectivity index (χ0) is 9.97. The standard InChI is InChI=1S/C9H7N3O2/c13-9-4-1-6-5-7(12-14)2-3-8(6)10-11-9/h1-5,12,14H. The number of hydrogen-bond donors (Lipinski definition) is 2. The molecule has 0 aliphatic carbocycles. The summed E-state index contributed by atoms with van der Waals surface area (Å²) in [6.07, 6.45) is 0. The summed E-state index contributed by atoms with van der Waals surface area (Å²) in [5, 5.41) is 16.6. The highest BCUT2D eigenvalue weighted by Crippen LogP contribution is 2.14. The molecule has 5 nitrogen and oxygen atoms in total. The molecule has 0 aliphatic heterocycles. The largest absolute Gasteiger partial charge is 0.291 e. The van der Waals surface area contributed by atoms with Gasteiger partial charge in [0.05, 0.1) is 11.2 Å². The highest BCUT2D eigenvalue weighted by atomic mass is 16.5. The second-order valence-corrected chi connectivity index (χ2v) is 2.76. The average Bonchev–Trinajstić information content (AvgIpc) is 2.40. The number of fused-ring (bicyclic) bond motifs is 1. The second kappa shape index (κ2) is 3.39. The third-order valence-corrected chi connectivity index (χ3v) is 1.82. The highest BCUT2D eigenvalue weighted by molar-refractivity contribution is 5.81. The van der Waals surface area contributed by atoms with Gasteiger partial charge in [0.25, 0.3) is 5.56 Å². The summed E-state index contributed by atoms with van der Waals surface area (Å²) in [5.41, 5.74) is 2.77. The molecule has 1 aromatic heterocycles. The van der Waals surface area contributed by atoms with Crippen LogP contribution in [0.15, 0.2) is 35.1 Å². The Bertz CT molecular complexity index is 527. The number of benzene rings is 1. The van der Waals surface area contributed by atoms with Gasteiger partial charge in [0.2, 0.25) is 0 Å². The molecule has 0 saturated heterocycles. The summed E-state index contributed by atoms with van der Waals surface area (Å²) < 4.78 is 0. The molecule has 14 heavy (non-hydrogen) atoms. The van der Waals surface area contributed by atoms with Crippen LogP contribution in [0.2, 0.25) is 0 Å². The molecule has 0 radical (unpaired) electrons. The van der Waals surface area contributed by atoms with Crippen LogP contribution in [0.5, 0.6) is 0 Å². The third kappa shape index (κ3) is 1.53. The Morgan fingerprint density at radius 3 is 2.79 bits per heavy atom. The molecule has 0 bridgehead atoms. The molecule has 70 valence electrons. The van der Waals surface area contributed by atoms with Crippen molar-refractivity contribution in [1.29, 1.82) is 0 Å². The van der Waals surface area contributed by atoms with Crippen LogP contribution in [-0.4, -0.2) is 15.4 Å². The maximum Gasteiger partial charge on any atom is 0.288 e. The Hall–Kier alpha value is -2.01. The molecule has 0 unspecified atom stereocenters. The van der Waals surface area contributed by atoms with E-state index in [2.05, 4.69) is 10.2 Å². The maximum absolute atomic E-state index is 10.9. The van der Waals surface area contributed by atoms with Crippen LogP contribution in [0.25, 0.3) is 10.9 Å². The SMILES string of the molecule is O=c1ccc2cc(NO)ccc2nn1. The van der Waals surface area contributed by atoms with Gasteiger partial charge < -0.3 is 0 Å². The summed E-state index contributed by atoms with van der Waals surface area (Å²) in [6.45, 7) is 0. The van der Waals surface area contributed by atoms with Gasteiger partial charge >= 0.3 is 0 Å². The zero-order valence-corrected chi connectivity index (χ0v) is 7.14. The van der Waals surface area contributed by atoms with Crippen molar-refractivity contribution in [2.75, 3.05) is 5.48 Å². The Labute approximate surface area is 79.0 Å². The number of hydrogen-bond acceptors (Lipinski definition) is 5. The van der Waals surface area contributed by atoms with E-state index in [0.717, 1.165) is 5.39 Å². The average molecular weight is 189 g/mol. The lowest BCUT2D eigenvalue weighted by atomic mass is 10.2. The van der Waals surface area contributed by atoms with Gasteiger partial charge in [-0.25, -0.2) is 0 Å². The molecule has 0 aliphatic rings. The first-order chi connectivity index (χ1) is 6.79. The minimum absolute atomic E-state index is 0.389. The predicted molar refractivity (Wildman–Crippen MR) is 51.2 cm³/mol. The van der Waals surface area contributed by atoms with Crippen LogP contribution >= 0.6 is 0 Å². The Morgan fingerprint density at radius 2 is 2.00 bits per heavy atom. The van der Waals surface area contributed by atoms with E-state index >= 15 is 0 Å². The summed E-state index contributed by atoms with van der Waals surface area (Å²) in [7, 11) is 0. The van der Waals surface area contributed by atoms with Crippen molar-refractivity contribution in [3.63, 3.8) is 0 Å². The van der Waals surface area contributed by atoms with Gasteiger partial charge in [-0.1, -0.05) is 0 Å². The van der Waals surface area contributed by atoms with Crippen LogP contribution in [0.1, 0.15) is 0 Å². The number of nitrogens with zero attached hydrogens (tertiary/aromatic N) is 2. The molecule has 1 aromatic carbocycles. The number of aromatic nitrogens is 2. The Kier molecular flexibility index (Phi) is 2.08. The van der Waals surface area contributed by atoms with E-state index in [-0.39, 0.29) is 5.56 Å². The van der Waals surface area contributed by atoms with Crippen molar-refractivity contribution in [1.82, 2.24) is 10.2 Å². The van der Waals surface area contributed by atoms with E-state index in [1.165, 1.54) is 6.07 Å². The van der Waals surface area contributed by atoms with E-state index in [1.807, 2.05) is 5.48 Å². The highest BCUT2D eigenvalue weighted by Gasteiger charge is 1.95. The third-order valence-electron chi connectivity index (χ3n) is 1.82. The van der Waals surface area contributed by atoms with Crippen molar-refractivity contribution in [3.8, 4) is 0 Å². The zero-order valence-electron chi connectivity index (χ0n) is 7.14. The molecule has 2 rings (SSSR count). The Morgan fingerprint density at radius 1 is 1.14 bits per heavy atom. The topological polar surface area (TPSA) is 75.1 Å². The van der Waals surface area contributed by atoms with Crippen molar-refractivity contribution in [3.05, 3.63) is 40.7 Å². The first-order valence-corrected chi connectivity index (χ1v) is 3.97.